The number of hydrogen-bond acceptors (Lipinski definition) is 6. The van der Waals surface area contributed by atoms with E-state index in [-0.39, 0.29) is 18.1 Å². The number of hydrogen-bond donors (Lipinski definition) is 3. The third-order valence-electron chi connectivity index (χ3n) is 6.59. The molecular weight excluding hydrogens is 577 g/mol. The minimum absolute atomic E-state index is 0.116. The normalized spacial score (nSPS) is 12.5. The SMILES string of the molecule is CC(C)(C)C(NC(=O)c1nn(Cc2ccc(C(F)(F)F)cc2)c2ccccc12)C(=O)NCCNSc1ccc(C#N)cc1. The third-order valence-corrected chi connectivity index (χ3v) is 7.45. The van der Waals surface area contributed by atoms with Crippen molar-refractivity contribution in [1.29, 1.82) is 5.26 Å². The van der Waals surface area contributed by atoms with E-state index in [4.69, 9.17) is 5.26 Å². The van der Waals surface area contributed by atoms with Gasteiger partial charge in [0.1, 0.15) is 6.04 Å². The molecular formula is C31H31F3N6O2S. The van der Waals surface area contributed by atoms with Gasteiger partial charge in [0.05, 0.1) is 29.3 Å². The van der Waals surface area contributed by atoms with Gasteiger partial charge in [0.25, 0.3) is 5.91 Å². The van der Waals surface area contributed by atoms with Gasteiger partial charge in [0, 0.05) is 23.4 Å². The second-order valence-corrected chi connectivity index (χ2v) is 11.9. The maximum atomic E-state index is 13.5. The first kappa shape index (κ1) is 31.6. The highest BCUT2D eigenvalue weighted by atomic mass is 32.2. The van der Waals surface area contributed by atoms with Crippen LogP contribution in [0.15, 0.2) is 77.7 Å². The lowest BCUT2D eigenvalue weighted by Gasteiger charge is -2.30. The van der Waals surface area contributed by atoms with E-state index < -0.39 is 29.1 Å². The van der Waals surface area contributed by atoms with Crippen LogP contribution in [0, 0.1) is 16.7 Å². The summed E-state index contributed by atoms with van der Waals surface area (Å²) in [7, 11) is 0. The van der Waals surface area contributed by atoms with Crippen molar-refractivity contribution in [3.8, 4) is 6.07 Å². The summed E-state index contributed by atoms with van der Waals surface area (Å²) in [5.74, 6) is -0.883. The van der Waals surface area contributed by atoms with Gasteiger partial charge in [-0.15, -0.1) is 0 Å². The molecule has 4 rings (SSSR count). The van der Waals surface area contributed by atoms with Crippen molar-refractivity contribution in [3.63, 3.8) is 0 Å². The molecule has 2 amide bonds. The zero-order valence-corrected chi connectivity index (χ0v) is 24.6. The number of aromatic nitrogens is 2. The van der Waals surface area contributed by atoms with Crippen LogP contribution in [-0.2, 0) is 17.5 Å². The highest BCUT2D eigenvalue weighted by Gasteiger charge is 2.34. The summed E-state index contributed by atoms with van der Waals surface area (Å²) in [6, 6.07) is 20.2. The molecule has 0 saturated heterocycles. The van der Waals surface area contributed by atoms with Gasteiger partial charge >= 0.3 is 6.18 Å². The zero-order chi connectivity index (χ0) is 31.2. The van der Waals surface area contributed by atoms with E-state index in [1.165, 1.54) is 24.1 Å². The molecule has 43 heavy (non-hydrogen) atoms. The van der Waals surface area contributed by atoms with Crippen molar-refractivity contribution in [2.75, 3.05) is 13.1 Å². The maximum absolute atomic E-state index is 13.5. The predicted molar refractivity (Wildman–Crippen MR) is 159 cm³/mol. The van der Waals surface area contributed by atoms with Crippen LogP contribution in [0.1, 0.15) is 48.0 Å². The van der Waals surface area contributed by atoms with E-state index in [9.17, 15) is 22.8 Å². The first-order valence-corrected chi connectivity index (χ1v) is 14.3. The minimum Gasteiger partial charge on any atom is -0.353 e. The monoisotopic (exact) mass is 608 g/mol. The molecule has 1 atom stereocenters. The molecule has 0 saturated carbocycles. The Hall–Kier alpha value is -4.34. The van der Waals surface area contributed by atoms with Crippen LogP contribution in [0.5, 0.6) is 0 Å². The van der Waals surface area contributed by atoms with Gasteiger partial charge in [0.15, 0.2) is 5.69 Å². The van der Waals surface area contributed by atoms with Crippen molar-refractivity contribution >= 4 is 34.7 Å². The van der Waals surface area contributed by atoms with Gasteiger partial charge < -0.3 is 10.6 Å². The van der Waals surface area contributed by atoms with Gasteiger partial charge in [0.2, 0.25) is 5.91 Å². The molecule has 0 aliphatic rings. The topological polar surface area (TPSA) is 112 Å². The molecule has 0 radical (unpaired) electrons. The van der Waals surface area contributed by atoms with E-state index in [2.05, 4.69) is 26.5 Å². The van der Waals surface area contributed by atoms with E-state index in [1.54, 1.807) is 41.1 Å². The summed E-state index contributed by atoms with van der Waals surface area (Å²) < 4.78 is 43.7. The summed E-state index contributed by atoms with van der Waals surface area (Å²) in [5.41, 5.74) is 0.550. The third kappa shape index (κ3) is 8.15. The minimum atomic E-state index is -4.43. The predicted octanol–water partition coefficient (Wildman–Crippen LogP) is 5.53. The molecule has 4 aromatic rings. The molecule has 0 aliphatic heterocycles. The molecule has 1 unspecified atom stereocenters. The fraction of sp³-hybridized carbons (Fsp3) is 0.290. The van der Waals surface area contributed by atoms with E-state index in [0.29, 0.717) is 35.1 Å². The highest BCUT2D eigenvalue weighted by molar-refractivity contribution is 7.97. The summed E-state index contributed by atoms with van der Waals surface area (Å²) in [5, 5.41) is 19.7. The summed E-state index contributed by atoms with van der Waals surface area (Å²) >= 11 is 1.38. The molecule has 0 spiro atoms. The number of carbonyl (C=O) groups excluding carboxylic acids is 2. The van der Waals surface area contributed by atoms with Crippen LogP contribution in [0.4, 0.5) is 13.2 Å². The Morgan fingerprint density at radius 3 is 2.28 bits per heavy atom. The summed E-state index contributed by atoms with van der Waals surface area (Å²) in [4.78, 5) is 27.6. The van der Waals surface area contributed by atoms with Crippen LogP contribution >= 0.6 is 11.9 Å². The van der Waals surface area contributed by atoms with Crippen LogP contribution in [0.25, 0.3) is 10.9 Å². The van der Waals surface area contributed by atoms with Gasteiger partial charge in [-0.05, 0) is 65.4 Å². The number of para-hydroxylation sites is 1. The van der Waals surface area contributed by atoms with E-state index in [0.717, 1.165) is 17.0 Å². The molecule has 224 valence electrons. The Bertz CT molecular complexity index is 1620. The molecule has 8 nitrogen and oxygen atoms in total. The molecule has 0 bridgehead atoms. The number of benzene rings is 3. The highest BCUT2D eigenvalue weighted by Crippen LogP contribution is 2.29. The van der Waals surface area contributed by atoms with Crippen LogP contribution < -0.4 is 15.4 Å². The van der Waals surface area contributed by atoms with Crippen LogP contribution in [0.2, 0.25) is 0 Å². The standard InChI is InChI=1S/C31H31F3N6O2S/c1-30(2,3)27(29(42)36-16-17-37-43-23-14-10-20(18-35)11-15-23)38-28(41)26-24-6-4-5-7-25(24)40(39-26)19-21-8-12-22(13-9-21)31(32,33)34/h4-15,27,37H,16-17,19H2,1-3H3,(H,36,42)(H,38,41). The van der Waals surface area contributed by atoms with Crippen LogP contribution in [0.3, 0.4) is 0 Å². The lowest BCUT2D eigenvalue weighted by molar-refractivity contribution is -0.137. The molecule has 3 aromatic carbocycles. The Balaban J connectivity index is 1.42. The Morgan fingerprint density at radius 2 is 1.65 bits per heavy atom. The quantitative estimate of drug-likeness (QED) is 0.161. The van der Waals surface area contributed by atoms with Gasteiger partial charge in [-0.25, -0.2) is 0 Å². The zero-order valence-electron chi connectivity index (χ0n) is 23.8. The summed E-state index contributed by atoms with van der Waals surface area (Å²) in [6.07, 6.45) is -4.43. The second-order valence-electron chi connectivity index (χ2n) is 10.9. The first-order chi connectivity index (χ1) is 20.4. The number of halogens is 3. The first-order valence-electron chi connectivity index (χ1n) is 13.5. The fourth-order valence-corrected chi connectivity index (χ4v) is 4.98. The van der Waals surface area contributed by atoms with Crippen molar-refractivity contribution in [2.45, 2.75) is 44.4 Å². The molecule has 1 aromatic heterocycles. The number of nitriles is 1. The van der Waals surface area contributed by atoms with Crippen molar-refractivity contribution < 1.29 is 22.8 Å². The molecule has 12 heteroatoms. The number of alkyl halides is 3. The van der Waals surface area contributed by atoms with Crippen LogP contribution in [-0.4, -0.2) is 40.7 Å². The lowest BCUT2D eigenvalue weighted by atomic mass is 9.86. The number of rotatable bonds is 10. The second kappa shape index (κ2) is 13.3. The number of carbonyl (C=O) groups is 2. The molecule has 0 aliphatic carbocycles. The summed E-state index contributed by atoms with van der Waals surface area (Å²) in [6.45, 7) is 6.46. The van der Waals surface area contributed by atoms with E-state index >= 15 is 0 Å². The Kier molecular flexibility index (Phi) is 9.78. The van der Waals surface area contributed by atoms with Gasteiger partial charge in [-0.1, -0.05) is 51.1 Å². The average Bonchev–Trinajstić information content (AvgIpc) is 3.33. The largest absolute Gasteiger partial charge is 0.416 e. The smallest absolute Gasteiger partial charge is 0.353 e. The molecule has 3 N–H and O–H groups in total. The Morgan fingerprint density at radius 1 is 0.977 bits per heavy atom. The number of fused-ring (bicyclic) bond motifs is 1. The van der Waals surface area contributed by atoms with Crippen molar-refractivity contribution in [3.05, 3.63) is 95.2 Å². The van der Waals surface area contributed by atoms with Crippen molar-refractivity contribution in [1.82, 2.24) is 25.1 Å². The lowest BCUT2D eigenvalue weighted by Crippen LogP contribution is -2.54. The Labute approximate surface area is 251 Å². The fourth-order valence-electron chi connectivity index (χ4n) is 4.33. The number of amides is 2. The average molecular weight is 609 g/mol. The van der Waals surface area contributed by atoms with Gasteiger partial charge in [-0.2, -0.15) is 23.5 Å². The number of nitrogens with zero attached hydrogens (tertiary/aromatic N) is 3. The molecule has 0 fully saturated rings. The van der Waals surface area contributed by atoms with Gasteiger partial charge in [-0.3, -0.25) is 19.0 Å². The molecule has 1 heterocycles. The maximum Gasteiger partial charge on any atom is 0.416 e. The van der Waals surface area contributed by atoms with Crippen molar-refractivity contribution in [2.24, 2.45) is 5.41 Å². The number of nitrogens with one attached hydrogen (secondary N) is 3. The van der Waals surface area contributed by atoms with E-state index in [1.807, 2.05) is 32.9 Å².